The van der Waals surface area contributed by atoms with Crippen LogP contribution in [0.1, 0.15) is 0 Å². The molecule has 0 unspecified atom stereocenters. The molecule has 0 spiro atoms. The van der Waals surface area contributed by atoms with Gasteiger partial charge in [0.2, 0.25) is 0 Å². The zero-order valence-corrected chi connectivity index (χ0v) is 6.05. The maximum atomic E-state index is 11.9. The maximum absolute atomic E-state index is 11.9. The van der Waals surface area contributed by atoms with Gasteiger partial charge >= 0.3 is 18.8 Å². The Morgan fingerprint density at radius 2 is 1.14 bits per heavy atom. The summed E-state index contributed by atoms with van der Waals surface area (Å²) in [6, 6.07) is 0. The summed E-state index contributed by atoms with van der Waals surface area (Å²) in [7, 11) is 0. The van der Waals surface area contributed by atoms with Gasteiger partial charge in [-0.25, -0.2) is 4.74 Å². The van der Waals surface area contributed by atoms with Crippen molar-refractivity contribution in [2.45, 2.75) is 18.8 Å². The summed E-state index contributed by atoms with van der Waals surface area (Å²) in [5.41, 5.74) is 0. The van der Waals surface area contributed by atoms with E-state index in [1.807, 2.05) is 0 Å². The molecular weight excluding hydrogens is 232 g/mol. The van der Waals surface area contributed by atoms with Crippen LogP contribution in [0.4, 0.5) is 35.1 Å². The second kappa shape index (κ2) is 3.85. The summed E-state index contributed by atoms with van der Waals surface area (Å²) in [4.78, 5) is 0. The van der Waals surface area contributed by atoms with E-state index >= 15 is 0 Å². The van der Waals surface area contributed by atoms with Gasteiger partial charge < -0.3 is 0 Å². The Hall–Kier alpha value is -0.640. The van der Waals surface area contributed by atoms with Gasteiger partial charge in [-0.05, 0) is 0 Å². The predicted molar refractivity (Wildman–Crippen MR) is 24.1 cm³/mol. The molecule has 0 bridgehead atoms. The number of halogens is 8. The Balaban J connectivity index is 4.09. The minimum atomic E-state index is -5.74. The molecule has 86 valence electrons. The van der Waals surface area contributed by atoms with Crippen LogP contribution in [0.15, 0.2) is 0 Å². The molecule has 0 aromatic heterocycles. The minimum Gasteiger partial charge on any atom is -0.283 e. The van der Waals surface area contributed by atoms with Crippen molar-refractivity contribution in [3.8, 4) is 0 Å². The van der Waals surface area contributed by atoms with E-state index in [4.69, 9.17) is 0 Å². The van der Waals surface area contributed by atoms with E-state index in [1.165, 1.54) is 0 Å². The highest BCUT2D eigenvalue weighted by Gasteiger charge is 2.47. The first kappa shape index (κ1) is 13.4. The van der Waals surface area contributed by atoms with E-state index in [2.05, 4.69) is 9.47 Å². The van der Waals surface area contributed by atoms with Crippen molar-refractivity contribution >= 4 is 0 Å². The maximum Gasteiger partial charge on any atom is 0.527 e. The SMILES string of the molecule is FC(F)(F)OCC(F)(F)OC(F)(F)F. The van der Waals surface area contributed by atoms with Crippen LogP contribution >= 0.6 is 0 Å². The average Bonchev–Trinajstić information content (AvgIpc) is 1.76. The molecule has 0 aromatic rings. The summed E-state index contributed by atoms with van der Waals surface area (Å²) in [5, 5.41) is 0. The zero-order chi connectivity index (χ0) is 11.6. The van der Waals surface area contributed by atoms with Crippen LogP contribution in [0, 0.1) is 0 Å². The van der Waals surface area contributed by atoms with E-state index < -0.39 is 25.4 Å². The Kier molecular flexibility index (Phi) is 3.67. The van der Waals surface area contributed by atoms with Crippen molar-refractivity contribution in [1.29, 1.82) is 0 Å². The summed E-state index contributed by atoms with van der Waals surface area (Å²) < 4.78 is 95.1. The number of hydrogen-bond acceptors (Lipinski definition) is 2. The molecule has 2 nitrogen and oxygen atoms in total. The van der Waals surface area contributed by atoms with Crippen molar-refractivity contribution in [1.82, 2.24) is 0 Å². The highest BCUT2D eigenvalue weighted by molar-refractivity contribution is 4.51. The van der Waals surface area contributed by atoms with Crippen LogP contribution in [0.5, 0.6) is 0 Å². The smallest absolute Gasteiger partial charge is 0.283 e. The molecule has 0 rings (SSSR count). The molecule has 0 fully saturated rings. The Labute approximate surface area is 71.4 Å². The summed E-state index contributed by atoms with van der Waals surface area (Å²) in [5.74, 6) is 0. The van der Waals surface area contributed by atoms with Crippen LogP contribution < -0.4 is 0 Å². The molecule has 14 heavy (non-hydrogen) atoms. The third-order valence-corrected chi connectivity index (χ3v) is 0.669. The Bertz CT molecular complexity index is 181. The molecular formula is C4H2F8O2. The van der Waals surface area contributed by atoms with Crippen molar-refractivity contribution in [2.24, 2.45) is 0 Å². The minimum absolute atomic E-state index is 2.06. The molecule has 0 N–H and O–H groups in total. The Morgan fingerprint density at radius 3 is 1.43 bits per heavy atom. The average molecular weight is 234 g/mol. The molecule has 0 amide bonds. The standard InChI is InChI=1S/C4H2F8O2/c5-2(6,14-4(10,11)12)1-13-3(7,8)9/h1H2. The highest BCUT2D eigenvalue weighted by atomic mass is 19.4. The van der Waals surface area contributed by atoms with Gasteiger partial charge in [-0.2, -0.15) is 8.78 Å². The lowest BCUT2D eigenvalue weighted by molar-refractivity contribution is -0.448. The fraction of sp³-hybridized carbons (Fsp3) is 1.00. The molecule has 0 saturated heterocycles. The van der Waals surface area contributed by atoms with Gasteiger partial charge in [-0.1, -0.05) is 0 Å². The molecule has 10 heteroatoms. The number of alkyl halides is 8. The number of hydrogen-bond donors (Lipinski definition) is 0. The van der Waals surface area contributed by atoms with Gasteiger partial charge in [0.15, 0.2) is 0 Å². The summed E-state index contributed by atoms with van der Waals surface area (Å²) >= 11 is 0. The first-order chi connectivity index (χ1) is 5.91. The predicted octanol–water partition coefficient (Wildman–Crippen LogP) is 2.65. The lowest BCUT2D eigenvalue weighted by Gasteiger charge is -2.18. The van der Waals surface area contributed by atoms with Gasteiger partial charge in [0.1, 0.15) is 6.61 Å². The van der Waals surface area contributed by atoms with Gasteiger partial charge in [0, 0.05) is 0 Å². The first-order valence-electron chi connectivity index (χ1n) is 2.77. The third kappa shape index (κ3) is 7.98. The lowest BCUT2D eigenvalue weighted by atomic mass is 10.7. The lowest BCUT2D eigenvalue weighted by Crippen LogP contribution is -2.36. The summed E-state index contributed by atoms with van der Waals surface area (Å²) in [6.07, 6.45) is -16.3. The van der Waals surface area contributed by atoms with Crippen molar-refractivity contribution in [2.75, 3.05) is 6.61 Å². The molecule has 0 saturated carbocycles. The van der Waals surface area contributed by atoms with Crippen LogP contribution in [0.25, 0.3) is 0 Å². The van der Waals surface area contributed by atoms with Gasteiger partial charge in [0.05, 0.1) is 0 Å². The van der Waals surface area contributed by atoms with Gasteiger partial charge in [0.25, 0.3) is 0 Å². The van der Waals surface area contributed by atoms with Crippen LogP contribution in [0.2, 0.25) is 0 Å². The molecule has 0 aliphatic heterocycles. The second-order valence-corrected chi connectivity index (χ2v) is 1.92. The second-order valence-electron chi connectivity index (χ2n) is 1.92. The van der Waals surface area contributed by atoms with E-state index in [-0.39, 0.29) is 0 Å². The van der Waals surface area contributed by atoms with E-state index in [1.54, 1.807) is 0 Å². The topological polar surface area (TPSA) is 18.5 Å². The third-order valence-electron chi connectivity index (χ3n) is 0.669. The van der Waals surface area contributed by atoms with Gasteiger partial charge in [-0.15, -0.1) is 26.3 Å². The van der Waals surface area contributed by atoms with Crippen molar-refractivity contribution in [3.63, 3.8) is 0 Å². The van der Waals surface area contributed by atoms with Gasteiger partial charge in [-0.3, -0.25) is 4.74 Å². The molecule has 0 aliphatic rings. The molecule has 0 atom stereocenters. The summed E-state index contributed by atoms with van der Waals surface area (Å²) in [6.45, 7) is -2.56. The van der Waals surface area contributed by atoms with Crippen molar-refractivity contribution in [3.05, 3.63) is 0 Å². The highest BCUT2D eigenvalue weighted by Crippen LogP contribution is 2.29. The zero-order valence-electron chi connectivity index (χ0n) is 6.05. The van der Waals surface area contributed by atoms with Crippen LogP contribution in [-0.4, -0.2) is 25.4 Å². The Morgan fingerprint density at radius 1 is 0.714 bits per heavy atom. The molecule has 0 radical (unpaired) electrons. The fourth-order valence-corrected chi connectivity index (χ4v) is 0.365. The number of rotatable bonds is 3. The molecule has 0 heterocycles. The van der Waals surface area contributed by atoms with Crippen LogP contribution in [0.3, 0.4) is 0 Å². The quantitative estimate of drug-likeness (QED) is 0.699. The van der Waals surface area contributed by atoms with E-state index in [0.717, 1.165) is 0 Å². The molecule has 0 aromatic carbocycles. The number of ether oxygens (including phenoxy) is 2. The van der Waals surface area contributed by atoms with E-state index in [0.29, 0.717) is 0 Å². The van der Waals surface area contributed by atoms with Crippen molar-refractivity contribution < 1.29 is 44.6 Å². The van der Waals surface area contributed by atoms with Crippen LogP contribution in [-0.2, 0) is 9.47 Å². The largest absolute Gasteiger partial charge is 0.527 e. The monoisotopic (exact) mass is 234 g/mol. The molecule has 0 aliphatic carbocycles. The fourth-order valence-electron chi connectivity index (χ4n) is 0.365. The van der Waals surface area contributed by atoms with E-state index in [9.17, 15) is 35.1 Å². The normalized spacial score (nSPS) is 14.6. The first-order valence-corrected chi connectivity index (χ1v) is 2.77.